The number of aliphatic hydroxyl groups excluding tert-OH is 1. The molecule has 0 aromatic heterocycles. The fraction of sp³-hybridized carbons (Fsp3) is 0.250. The highest BCUT2D eigenvalue weighted by molar-refractivity contribution is 5.45. The van der Waals surface area contributed by atoms with Crippen molar-refractivity contribution >= 4 is 5.69 Å². The smallest absolute Gasteiger partial charge is 0.0636 e. The van der Waals surface area contributed by atoms with Gasteiger partial charge in [0.15, 0.2) is 0 Å². The number of benzene rings is 2. The molecule has 2 rings (SSSR count). The van der Waals surface area contributed by atoms with Crippen molar-refractivity contribution in [2.45, 2.75) is 19.0 Å². The van der Waals surface area contributed by atoms with Gasteiger partial charge in [-0.2, -0.15) is 0 Å². The Morgan fingerprint density at radius 3 is 2.21 bits per heavy atom. The third kappa shape index (κ3) is 4.09. The fourth-order valence-electron chi connectivity index (χ4n) is 2.03. The minimum atomic E-state index is 0.0196. The van der Waals surface area contributed by atoms with Crippen molar-refractivity contribution < 1.29 is 5.11 Å². The van der Waals surface area contributed by atoms with Gasteiger partial charge in [0, 0.05) is 12.2 Å². The Morgan fingerprint density at radius 1 is 0.947 bits per heavy atom. The lowest BCUT2D eigenvalue weighted by atomic mass is 10.1. The average molecular weight is 256 g/mol. The third-order valence-corrected chi connectivity index (χ3v) is 3.11. The predicted molar refractivity (Wildman–Crippen MR) is 79.0 cm³/mol. The quantitative estimate of drug-likeness (QED) is 0.742. The average Bonchev–Trinajstić information content (AvgIpc) is 2.48. The van der Waals surface area contributed by atoms with Gasteiger partial charge >= 0.3 is 0 Å². The second-order valence-corrected chi connectivity index (χ2v) is 4.61. The maximum atomic E-state index is 9.47. The van der Waals surface area contributed by atoms with Crippen LogP contribution in [0.15, 0.2) is 54.6 Å². The van der Waals surface area contributed by atoms with Crippen LogP contribution in [0.1, 0.15) is 11.1 Å². The summed E-state index contributed by atoms with van der Waals surface area (Å²) in [5.41, 5.74) is 8.90. The van der Waals surface area contributed by atoms with E-state index in [2.05, 4.69) is 17.4 Å². The van der Waals surface area contributed by atoms with Gasteiger partial charge in [0.05, 0.1) is 12.6 Å². The summed E-state index contributed by atoms with van der Waals surface area (Å²) in [6.45, 7) is 0.654. The summed E-state index contributed by atoms with van der Waals surface area (Å²) in [6, 6.07) is 18.2. The molecule has 2 aromatic rings. The van der Waals surface area contributed by atoms with Crippen LogP contribution >= 0.6 is 0 Å². The first-order valence-corrected chi connectivity index (χ1v) is 6.52. The van der Waals surface area contributed by atoms with Crippen LogP contribution in [0.25, 0.3) is 0 Å². The molecule has 2 aromatic carbocycles. The Labute approximate surface area is 114 Å². The SMILES string of the molecule is NCc1ccc(NC(CO)Cc2ccccc2)cc1. The van der Waals surface area contributed by atoms with Gasteiger partial charge in [-0.25, -0.2) is 0 Å². The Hall–Kier alpha value is -1.84. The standard InChI is InChI=1S/C16H20N2O/c17-11-14-6-8-15(9-7-14)18-16(12-19)10-13-4-2-1-3-5-13/h1-9,16,18-19H,10-12,17H2. The molecule has 3 heteroatoms. The van der Waals surface area contributed by atoms with Crippen LogP contribution < -0.4 is 11.1 Å². The maximum Gasteiger partial charge on any atom is 0.0636 e. The van der Waals surface area contributed by atoms with Gasteiger partial charge in [0.2, 0.25) is 0 Å². The number of hydrogen-bond donors (Lipinski definition) is 3. The first-order valence-electron chi connectivity index (χ1n) is 6.52. The van der Waals surface area contributed by atoms with Crippen molar-refractivity contribution in [1.29, 1.82) is 0 Å². The number of rotatable bonds is 6. The molecule has 0 radical (unpaired) electrons. The summed E-state index contributed by atoms with van der Waals surface area (Å²) in [5, 5.41) is 12.8. The zero-order valence-corrected chi connectivity index (χ0v) is 10.9. The van der Waals surface area contributed by atoms with Crippen LogP contribution in [0.2, 0.25) is 0 Å². The van der Waals surface area contributed by atoms with Crippen molar-refractivity contribution in [1.82, 2.24) is 0 Å². The van der Waals surface area contributed by atoms with E-state index in [1.165, 1.54) is 5.56 Å². The van der Waals surface area contributed by atoms with Gasteiger partial charge < -0.3 is 16.2 Å². The van der Waals surface area contributed by atoms with E-state index in [1.807, 2.05) is 42.5 Å². The highest BCUT2D eigenvalue weighted by Crippen LogP contribution is 2.12. The van der Waals surface area contributed by atoms with E-state index < -0.39 is 0 Å². The first kappa shape index (κ1) is 13.6. The zero-order valence-electron chi connectivity index (χ0n) is 10.9. The van der Waals surface area contributed by atoms with E-state index in [0.717, 1.165) is 17.7 Å². The summed E-state index contributed by atoms with van der Waals surface area (Å²) in [6.07, 6.45) is 0.802. The molecule has 3 nitrogen and oxygen atoms in total. The maximum absolute atomic E-state index is 9.47. The zero-order chi connectivity index (χ0) is 13.5. The number of nitrogens with one attached hydrogen (secondary N) is 1. The van der Waals surface area contributed by atoms with Crippen molar-refractivity contribution in [3.63, 3.8) is 0 Å². The molecule has 0 aliphatic rings. The van der Waals surface area contributed by atoms with E-state index in [-0.39, 0.29) is 12.6 Å². The van der Waals surface area contributed by atoms with E-state index in [1.54, 1.807) is 0 Å². The minimum Gasteiger partial charge on any atom is -0.394 e. The second kappa shape index (κ2) is 6.92. The van der Waals surface area contributed by atoms with E-state index >= 15 is 0 Å². The summed E-state index contributed by atoms with van der Waals surface area (Å²) < 4.78 is 0. The third-order valence-electron chi connectivity index (χ3n) is 3.11. The van der Waals surface area contributed by atoms with Crippen molar-refractivity contribution in [3.8, 4) is 0 Å². The van der Waals surface area contributed by atoms with Crippen molar-refractivity contribution in [3.05, 3.63) is 65.7 Å². The molecule has 0 bridgehead atoms. The lowest BCUT2D eigenvalue weighted by molar-refractivity contribution is 0.273. The molecule has 4 N–H and O–H groups in total. The van der Waals surface area contributed by atoms with Gasteiger partial charge in [-0.3, -0.25) is 0 Å². The Bertz CT molecular complexity index is 482. The topological polar surface area (TPSA) is 58.3 Å². The fourth-order valence-corrected chi connectivity index (χ4v) is 2.03. The van der Waals surface area contributed by atoms with Crippen LogP contribution in [-0.2, 0) is 13.0 Å². The van der Waals surface area contributed by atoms with Crippen LogP contribution in [0, 0.1) is 0 Å². The van der Waals surface area contributed by atoms with Crippen molar-refractivity contribution in [2.75, 3.05) is 11.9 Å². The summed E-state index contributed by atoms with van der Waals surface area (Å²) in [7, 11) is 0. The number of aliphatic hydroxyl groups is 1. The first-order chi connectivity index (χ1) is 9.31. The summed E-state index contributed by atoms with van der Waals surface area (Å²) in [4.78, 5) is 0. The second-order valence-electron chi connectivity index (χ2n) is 4.61. The van der Waals surface area contributed by atoms with Crippen LogP contribution in [0.3, 0.4) is 0 Å². The highest BCUT2D eigenvalue weighted by Gasteiger charge is 2.08. The Balaban J connectivity index is 1.98. The molecule has 19 heavy (non-hydrogen) atoms. The van der Waals surface area contributed by atoms with Gasteiger partial charge in [0.1, 0.15) is 0 Å². The van der Waals surface area contributed by atoms with Crippen LogP contribution in [0.5, 0.6) is 0 Å². The summed E-state index contributed by atoms with van der Waals surface area (Å²) in [5.74, 6) is 0. The lowest BCUT2D eigenvalue weighted by Gasteiger charge is -2.18. The van der Waals surface area contributed by atoms with Gasteiger partial charge in [-0.1, -0.05) is 42.5 Å². The molecule has 0 aliphatic carbocycles. The van der Waals surface area contributed by atoms with Gasteiger partial charge in [0.25, 0.3) is 0 Å². The molecular formula is C16H20N2O. The molecule has 1 unspecified atom stereocenters. The van der Waals surface area contributed by atoms with E-state index in [9.17, 15) is 5.11 Å². The van der Waals surface area contributed by atoms with Crippen molar-refractivity contribution in [2.24, 2.45) is 5.73 Å². The molecule has 0 spiro atoms. The molecule has 0 aliphatic heterocycles. The number of hydrogen-bond acceptors (Lipinski definition) is 3. The normalized spacial score (nSPS) is 12.1. The molecule has 0 amide bonds. The molecule has 0 heterocycles. The molecule has 0 fully saturated rings. The molecule has 0 saturated heterocycles. The largest absolute Gasteiger partial charge is 0.394 e. The van der Waals surface area contributed by atoms with E-state index in [0.29, 0.717) is 6.54 Å². The summed E-state index contributed by atoms with van der Waals surface area (Å²) >= 11 is 0. The predicted octanol–water partition coefficient (Wildman–Crippen LogP) is 2.16. The molecular weight excluding hydrogens is 236 g/mol. The van der Waals surface area contributed by atoms with Crippen LogP contribution in [-0.4, -0.2) is 17.8 Å². The Kier molecular flexibility index (Phi) is 4.95. The minimum absolute atomic E-state index is 0.0196. The van der Waals surface area contributed by atoms with E-state index in [4.69, 9.17) is 5.73 Å². The molecule has 100 valence electrons. The number of anilines is 1. The molecule has 1 atom stereocenters. The highest BCUT2D eigenvalue weighted by atomic mass is 16.3. The van der Waals surface area contributed by atoms with Gasteiger partial charge in [-0.05, 0) is 29.7 Å². The van der Waals surface area contributed by atoms with Crippen LogP contribution in [0.4, 0.5) is 5.69 Å². The van der Waals surface area contributed by atoms with Gasteiger partial charge in [-0.15, -0.1) is 0 Å². The Morgan fingerprint density at radius 2 is 1.63 bits per heavy atom. The lowest BCUT2D eigenvalue weighted by Crippen LogP contribution is -2.26. The number of nitrogens with two attached hydrogens (primary N) is 1. The monoisotopic (exact) mass is 256 g/mol. The molecule has 0 saturated carbocycles.